The molecular formula is C19H20N4O3S. The average Bonchev–Trinajstić information content (AvgIpc) is 3.37. The number of hydrogen-bond acceptors (Lipinski definition) is 6. The van der Waals surface area contributed by atoms with E-state index in [1.165, 1.54) is 4.57 Å². The third-order valence-corrected chi connectivity index (χ3v) is 5.74. The maximum atomic E-state index is 12.9. The number of rotatable bonds is 3. The molecule has 0 saturated carbocycles. The van der Waals surface area contributed by atoms with E-state index in [9.17, 15) is 9.59 Å². The molecule has 0 aromatic carbocycles. The first-order valence-electron chi connectivity index (χ1n) is 8.86. The molecule has 140 valence electrons. The molecule has 3 aromatic rings. The monoisotopic (exact) mass is 384 g/mol. The number of aromatic nitrogens is 3. The zero-order valence-corrected chi connectivity index (χ0v) is 16.0. The molecule has 0 spiro atoms. The van der Waals surface area contributed by atoms with Gasteiger partial charge in [-0.3, -0.25) is 9.59 Å². The zero-order valence-electron chi connectivity index (χ0n) is 15.2. The Morgan fingerprint density at radius 2 is 2.15 bits per heavy atom. The quantitative estimate of drug-likeness (QED) is 0.694. The lowest BCUT2D eigenvalue weighted by atomic mass is 9.97. The summed E-state index contributed by atoms with van der Waals surface area (Å²) in [5.74, 6) is 0.794. The van der Waals surface area contributed by atoms with Crippen molar-refractivity contribution in [1.82, 2.24) is 19.7 Å². The van der Waals surface area contributed by atoms with Crippen molar-refractivity contribution in [3.63, 3.8) is 0 Å². The largest absolute Gasteiger partial charge is 0.420 e. The number of nitrogens with zero attached hydrogens (tertiary/aromatic N) is 4. The summed E-state index contributed by atoms with van der Waals surface area (Å²) in [4.78, 5) is 27.1. The number of pyridine rings is 1. The highest BCUT2D eigenvalue weighted by atomic mass is 32.1. The molecule has 1 fully saturated rings. The lowest BCUT2D eigenvalue weighted by Crippen LogP contribution is -2.42. The molecule has 7 nitrogen and oxygen atoms in total. The molecule has 27 heavy (non-hydrogen) atoms. The lowest BCUT2D eigenvalue weighted by Gasteiger charge is -2.31. The van der Waals surface area contributed by atoms with E-state index in [1.807, 2.05) is 23.8 Å². The minimum Gasteiger partial charge on any atom is -0.420 e. The van der Waals surface area contributed by atoms with Gasteiger partial charge in [0.25, 0.3) is 11.5 Å². The first-order chi connectivity index (χ1) is 13.0. The maximum Gasteiger partial charge on any atom is 0.263 e. The molecule has 0 bridgehead atoms. The predicted octanol–water partition coefficient (Wildman–Crippen LogP) is 2.83. The van der Waals surface area contributed by atoms with Crippen LogP contribution in [0.3, 0.4) is 0 Å². The fourth-order valence-corrected chi connectivity index (χ4v) is 3.96. The van der Waals surface area contributed by atoms with Crippen LogP contribution in [0.25, 0.3) is 11.5 Å². The Kier molecular flexibility index (Phi) is 4.65. The van der Waals surface area contributed by atoms with Crippen LogP contribution >= 0.6 is 11.3 Å². The van der Waals surface area contributed by atoms with Gasteiger partial charge in [0.15, 0.2) is 0 Å². The highest BCUT2D eigenvalue weighted by Crippen LogP contribution is 2.29. The molecule has 0 N–H and O–H groups in total. The Morgan fingerprint density at radius 3 is 2.93 bits per heavy atom. The van der Waals surface area contributed by atoms with E-state index in [0.717, 1.165) is 24.1 Å². The van der Waals surface area contributed by atoms with E-state index in [4.69, 9.17) is 4.42 Å². The van der Waals surface area contributed by atoms with E-state index in [2.05, 4.69) is 10.2 Å². The van der Waals surface area contributed by atoms with Gasteiger partial charge in [0.2, 0.25) is 11.8 Å². The van der Waals surface area contributed by atoms with Gasteiger partial charge in [-0.2, -0.15) is 11.3 Å². The molecule has 0 radical (unpaired) electrons. The summed E-state index contributed by atoms with van der Waals surface area (Å²) < 4.78 is 7.34. The maximum absolute atomic E-state index is 12.9. The van der Waals surface area contributed by atoms with Crippen molar-refractivity contribution in [2.24, 2.45) is 7.05 Å². The van der Waals surface area contributed by atoms with E-state index in [0.29, 0.717) is 24.9 Å². The van der Waals surface area contributed by atoms with Crippen LogP contribution in [0.4, 0.5) is 0 Å². The van der Waals surface area contributed by atoms with Gasteiger partial charge >= 0.3 is 0 Å². The molecule has 1 aliphatic rings. The molecule has 1 saturated heterocycles. The van der Waals surface area contributed by atoms with Crippen LogP contribution in [0.5, 0.6) is 0 Å². The minimum absolute atomic E-state index is 0.0168. The van der Waals surface area contributed by atoms with Gasteiger partial charge in [0, 0.05) is 36.8 Å². The van der Waals surface area contributed by atoms with Gasteiger partial charge in [-0.15, -0.1) is 10.2 Å². The number of thiophene rings is 1. The van der Waals surface area contributed by atoms with Crippen molar-refractivity contribution >= 4 is 17.2 Å². The predicted molar refractivity (Wildman–Crippen MR) is 102 cm³/mol. The SMILES string of the molecule is Cc1ccc(C(=O)N2CCC[C@@H](c3nnc(-c4ccsc4)o3)C2)c(=O)n1C. The summed E-state index contributed by atoms with van der Waals surface area (Å²) >= 11 is 1.57. The second kappa shape index (κ2) is 7.11. The fourth-order valence-electron chi connectivity index (χ4n) is 3.33. The van der Waals surface area contributed by atoms with Crippen LogP contribution in [-0.2, 0) is 7.05 Å². The Morgan fingerprint density at radius 1 is 1.30 bits per heavy atom. The number of likely N-dealkylation sites (tertiary alicyclic amines) is 1. The molecule has 4 heterocycles. The van der Waals surface area contributed by atoms with Crippen molar-refractivity contribution in [1.29, 1.82) is 0 Å². The molecule has 1 aliphatic heterocycles. The first-order valence-corrected chi connectivity index (χ1v) is 9.80. The van der Waals surface area contributed by atoms with Crippen molar-refractivity contribution in [2.75, 3.05) is 13.1 Å². The number of piperidine rings is 1. The molecule has 1 atom stereocenters. The Hall–Kier alpha value is -2.74. The molecule has 8 heteroatoms. The number of carbonyl (C=O) groups excluding carboxylic acids is 1. The van der Waals surface area contributed by atoms with Crippen molar-refractivity contribution < 1.29 is 9.21 Å². The number of aryl methyl sites for hydroxylation is 1. The van der Waals surface area contributed by atoms with Crippen LogP contribution in [0.1, 0.15) is 40.7 Å². The van der Waals surface area contributed by atoms with E-state index in [1.54, 1.807) is 35.4 Å². The molecule has 0 aliphatic carbocycles. The van der Waals surface area contributed by atoms with Gasteiger partial charge in [0.05, 0.1) is 5.92 Å². The third-order valence-electron chi connectivity index (χ3n) is 5.05. The van der Waals surface area contributed by atoms with Gasteiger partial charge in [-0.25, -0.2) is 0 Å². The number of carbonyl (C=O) groups is 1. The second-order valence-electron chi connectivity index (χ2n) is 6.80. The van der Waals surface area contributed by atoms with Crippen LogP contribution in [0.15, 0.2) is 38.2 Å². The summed E-state index contributed by atoms with van der Waals surface area (Å²) in [5.41, 5.74) is 1.67. The first kappa shape index (κ1) is 17.7. The Labute approximate surface area is 160 Å². The second-order valence-corrected chi connectivity index (χ2v) is 7.58. The fraction of sp³-hybridized carbons (Fsp3) is 0.368. The average molecular weight is 384 g/mol. The molecule has 4 rings (SSSR count). The summed E-state index contributed by atoms with van der Waals surface area (Å²) in [5, 5.41) is 12.2. The summed E-state index contributed by atoms with van der Waals surface area (Å²) in [7, 11) is 1.68. The summed E-state index contributed by atoms with van der Waals surface area (Å²) in [6.45, 7) is 2.94. The van der Waals surface area contributed by atoms with Crippen molar-refractivity contribution in [3.05, 3.63) is 56.5 Å². The molecular weight excluding hydrogens is 364 g/mol. The van der Waals surface area contributed by atoms with Crippen molar-refractivity contribution in [3.8, 4) is 11.5 Å². The Balaban J connectivity index is 1.54. The highest BCUT2D eigenvalue weighted by molar-refractivity contribution is 7.08. The summed E-state index contributed by atoms with van der Waals surface area (Å²) in [6.07, 6.45) is 1.71. The topological polar surface area (TPSA) is 81.2 Å². The Bertz CT molecular complexity index is 1020. The number of amides is 1. The third kappa shape index (κ3) is 3.32. The van der Waals surface area contributed by atoms with Gasteiger partial charge in [-0.05, 0) is 43.3 Å². The molecule has 3 aromatic heterocycles. The normalized spacial score (nSPS) is 17.3. The standard InChI is InChI=1S/C19H20N4O3S/c1-12-5-6-15(18(24)22(12)2)19(25)23-8-3-4-13(10-23)16-20-21-17(26-16)14-7-9-27-11-14/h5-7,9,11,13H,3-4,8,10H2,1-2H3/t13-/m1/s1. The summed E-state index contributed by atoms with van der Waals surface area (Å²) in [6, 6.07) is 5.35. The van der Waals surface area contributed by atoms with Gasteiger partial charge in [-0.1, -0.05) is 0 Å². The number of hydrogen-bond donors (Lipinski definition) is 0. The van der Waals surface area contributed by atoms with Gasteiger partial charge in [0.1, 0.15) is 5.56 Å². The van der Waals surface area contributed by atoms with E-state index < -0.39 is 0 Å². The van der Waals surface area contributed by atoms with E-state index >= 15 is 0 Å². The van der Waals surface area contributed by atoms with Crippen molar-refractivity contribution in [2.45, 2.75) is 25.7 Å². The lowest BCUT2D eigenvalue weighted by molar-refractivity contribution is 0.0696. The minimum atomic E-state index is -0.264. The molecule has 0 unspecified atom stereocenters. The van der Waals surface area contributed by atoms with Crippen LogP contribution in [0, 0.1) is 6.92 Å². The highest BCUT2D eigenvalue weighted by Gasteiger charge is 2.30. The molecule has 1 amide bonds. The van der Waals surface area contributed by atoms with Crippen LogP contribution in [-0.4, -0.2) is 38.7 Å². The van der Waals surface area contributed by atoms with Crippen LogP contribution in [0.2, 0.25) is 0 Å². The van der Waals surface area contributed by atoms with Crippen LogP contribution < -0.4 is 5.56 Å². The smallest absolute Gasteiger partial charge is 0.263 e. The van der Waals surface area contributed by atoms with E-state index in [-0.39, 0.29) is 22.9 Å². The van der Waals surface area contributed by atoms with Gasteiger partial charge < -0.3 is 13.9 Å². The zero-order chi connectivity index (χ0) is 19.0.